The molecule has 0 aromatic heterocycles. The van der Waals surface area contributed by atoms with Crippen LogP contribution in [0.1, 0.15) is 26.2 Å². The van der Waals surface area contributed by atoms with Gasteiger partial charge in [0.05, 0.1) is 11.5 Å². The lowest BCUT2D eigenvalue weighted by Gasteiger charge is -2.26. The minimum atomic E-state index is -3.55. The van der Waals surface area contributed by atoms with Crippen molar-refractivity contribution in [3.05, 3.63) is 0 Å². The Morgan fingerprint density at radius 3 is 2.57 bits per heavy atom. The van der Waals surface area contributed by atoms with Crippen molar-refractivity contribution in [3.8, 4) is 0 Å². The maximum atomic E-state index is 12.4. The van der Waals surface area contributed by atoms with Gasteiger partial charge in [0.1, 0.15) is 0 Å². The van der Waals surface area contributed by atoms with E-state index in [1.54, 1.807) is 7.05 Å². The zero-order valence-electron chi connectivity index (χ0n) is 12.9. The van der Waals surface area contributed by atoms with Gasteiger partial charge in [-0.05, 0) is 32.4 Å². The number of hydrogen-bond acceptors (Lipinski definition) is 5. The number of rotatable bonds is 8. The van der Waals surface area contributed by atoms with Crippen LogP contribution in [0.25, 0.3) is 0 Å². The Labute approximate surface area is 128 Å². The van der Waals surface area contributed by atoms with E-state index in [2.05, 4.69) is 12.2 Å². The second-order valence-electron chi connectivity index (χ2n) is 5.34. The monoisotopic (exact) mass is 341 g/mol. The van der Waals surface area contributed by atoms with E-state index in [1.807, 2.05) is 0 Å². The molecule has 0 spiro atoms. The molecule has 1 saturated heterocycles. The molecule has 1 N–H and O–H groups in total. The van der Waals surface area contributed by atoms with Crippen LogP contribution >= 0.6 is 0 Å². The van der Waals surface area contributed by atoms with Gasteiger partial charge in [0, 0.05) is 26.7 Å². The third kappa shape index (κ3) is 6.19. The molecule has 0 bridgehead atoms. The molecule has 1 heterocycles. The van der Waals surface area contributed by atoms with Crippen molar-refractivity contribution in [2.75, 3.05) is 51.3 Å². The van der Waals surface area contributed by atoms with E-state index < -0.39 is 20.0 Å². The Morgan fingerprint density at radius 2 is 1.90 bits per heavy atom. The molecule has 1 aliphatic rings. The highest BCUT2D eigenvalue weighted by Gasteiger charge is 2.30. The van der Waals surface area contributed by atoms with Crippen LogP contribution in [-0.2, 0) is 20.0 Å². The first-order chi connectivity index (χ1) is 9.79. The van der Waals surface area contributed by atoms with Crippen LogP contribution < -0.4 is 5.32 Å². The quantitative estimate of drug-likeness (QED) is 0.611. The van der Waals surface area contributed by atoms with Gasteiger partial charge in [0.15, 0.2) is 9.84 Å². The second-order valence-corrected chi connectivity index (χ2v) is 9.68. The van der Waals surface area contributed by atoms with Gasteiger partial charge in [-0.3, -0.25) is 0 Å². The highest BCUT2D eigenvalue weighted by Crippen LogP contribution is 2.12. The topological polar surface area (TPSA) is 86.8 Å². The van der Waals surface area contributed by atoms with Crippen molar-refractivity contribution in [1.29, 1.82) is 0 Å². The molecule has 0 aromatic rings. The minimum absolute atomic E-state index is 0.0586. The molecular formula is C12H27N3O4S2. The molecular weight excluding hydrogens is 314 g/mol. The van der Waals surface area contributed by atoms with Crippen LogP contribution in [-0.4, -0.2) is 76.7 Å². The van der Waals surface area contributed by atoms with Crippen LogP contribution in [0.15, 0.2) is 0 Å². The molecule has 1 fully saturated rings. The first kappa shape index (κ1) is 18.8. The van der Waals surface area contributed by atoms with Crippen molar-refractivity contribution in [2.24, 2.45) is 0 Å². The van der Waals surface area contributed by atoms with E-state index in [9.17, 15) is 16.8 Å². The largest absolute Gasteiger partial charge is 0.317 e. The van der Waals surface area contributed by atoms with Crippen LogP contribution in [0.3, 0.4) is 0 Å². The molecule has 21 heavy (non-hydrogen) atoms. The minimum Gasteiger partial charge on any atom is -0.317 e. The van der Waals surface area contributed by atoms with Gasteiger partial charge in [-0.25, -0.2) is 8.42 Å². The van der Waals surface area contributed by atoms with Crippen molar-refractivity contribution in [2.45, 2.75) is 26.2 Å². The summed E-state index contributed by atoms with van der Waals surface area (Å²) in [6.07, 6.45) is 2.16. The van der Waals surface area contributed by atoms with Crippen LogP contribution in [0.4, 0.5) is 0 Å². The Balaban J connectivity index is 2.51. The number of nitrogens with zero attached hydrogens (tertiary/aromatic N) is 2. The molecule has 0 aliphatic carbocycles. The fourth-order valence-electron chi connectivity index (χ4n) is 2.19. The van der Waals surface area contributed by atoms with E-state index in [4.69, 9.17) is 0 Å². The van der Waals surface area contributed by atoms with Gasteiger partial charge in [0.2, 0.25) is 0 Å². The van der Waals surface area contributed by atoms with E-state index >= 15 is 0 Å². The molecule has 0 amide bonds. The Hall–Kier alpha value is -0.220. The molecule has 1 aliphatic heterocycles. The third-order valence-corrected chi connectivity index (χ3v) is 7.19. The highest BCUT2D eigenvalue weighted by atomic mass is 32.2. The highest BCUT2D eigenvalue weighted by molar-refractivity contribution is 7.91. The molecule has 0 atom stereocenters. The molecule has 0 radical (unpaired) electrons. The third-order valence-electron chi connectivity index (χ3n) is 3.49. The molecule has 126 valence electrons. The molecule has 7 nitrogen and oxygen atoms in total. The van der Waals surface area contributed by atoms with E-state index in [-0.39, 0.29) is 24.6 Å². The van der Waals surface area contributed by atoms with Gasteiger partial charge in [-0.1, -0.05) is 6.92 Å². The lowest BCUT2D eigenvalue weighted by molar-refractivity contribution is 0.368. The SMILES string of the molecule is CCCNCCCN(C)S(=O)(=O)N1CCCS(=O)(=O)CC1. The second kappa shape index (κ2) is 8.42. The Bertz CT molecular complexity index is 505. The zero-order valence-corrected chi connectivity index (χ0v) is 14.5. The van der Waals surface area contributed by atoms with Crippen molar-refractivity contribution >= 4 is 20.0 Å². The first-order valence-corrected chi connectivity index (χ1v) is 10.6. The number of nitrogens with one attached hydrogen (secondary N) is 1. The maximum absolute atomic E-state index is 12.4. The number of sulfone groups is 1. The smallest absolute Gasteiger partial charge is 0.281 e. The zero-order chi connectivity index (χ0) is 15.9. The summed E-state index contributed by atoms with van der Waals surface area (Å²) >= 11 is 0. The van der Waals surface area contributed by atoms with Crippen LogP contribution in [0.5, 0.6) is 0 Å². The average molecular weight is 341 g/mol. The van der Waals surface area contributed by atoms with E-state index in [0.717, 1.165) is 25.9 Å². The molecule has 0 aromatic carbocycles. The van der Waals surface area contributed by atoms with Crippen molar-refractivity contribution in [1.82, 2.24) is 13.9 Å². The van der Waals surface area contributed by atoms with E-state index in [1.165, 1.54) is 8.61 Å². The summed E-state index contributed by atoms with van der Waals surface area (Å²) in [5, 5.41) is 3.23. The molecule has 1 rings (SSSR count). The average Bonchev–Trinajstić information content (AvgIpc) is 2.59. The fourth-order valence-corrected chi connectivity index (χ4v) is 5.01. The summed E-state index contributed by atoms with van der Waals surface area (Å²) < 4.78 is 50.5. The summed E-state index contributed by atoms with van der Waals surface area (Å²) in [6.45, 7) is 4.56. The summed E-state index contributed by atoms with van der Waals surface area (Å²) in [4.78, 5) is 0. The Kier molecular flexibility index (Phi) is 7.55. The predicted octanol–water partition coefficient (Wildman–Crippen LogP) is -0.327. The Morgan fingerprint density at radius 1 is 1.19 bits per heavy atom. The van der Waals surface area contributed by atoms with Gasteiger partial charge in [-0.2, -0.15) is 17.0 Å². The summed E-state index contributed by atoms with van der Waals surface area (Å²) in [5.74, 6) is -0.0121. The first-order valence-electron chi connectivity index (χ1n) is 7.42. The van der Waals surface area contributed by atoms with Crippen molar-refractivity contribution < 1.29 is 16.8 Å². The summed E-state index contributed by atoms with van der Waals surface area (Å²) in [5.41, 5.74) is 0. The van der Waals surface area contributed by atoms with Gasteiger partial charge >= 0.3 is 0 Å². The van der Waals surface area contributed by atoms with Gasteiger partial charge in [0.25, 0.3) is 10.2 Å². The van der Waals surface area contributed by atoms with Crippen LogP contribution in [0.2, 0.25) is 0 Å². The van der Waals surface area contributed by atoms with E-state index in [0.29, 0.717) is 13.0 Å². The lowest BCUT2D eigenvalue weighted by atomic mass is 10.4. The predicted molar refractivity (Wildman–Crippen MR) is 84.2 cm³/mol. The molecule has 0 unspecified atom stereocenters. The normalized spacial score (nSPS) is 20.5. The summed E-state index contributed by atoms with van der Waals surface area (Å²) in [7, 11) is -5.10. The maximum Gasteiger partial charge on any atom is 0.281 e. The van der Waals surface area contributed by atoms with Gasteiger partial charge < -0.3 is 5.32 Å². The van der Waals surface area contributed by atoms with Gasteiger partial charge in [-0.15, -0.1) is 0 Å². The number of hydrogen-bond donors (Lipinski definition) is 1. The van der Waals surface area contributed by atoms with Crippen molar-refractivity contribution in [3.63, 3.8) is 0 Å². The molecule has 0 saturated carbocycles. The molecule has 9 heteroatoms. The fraction of sp³-hybridized carbons (Fsp3) is 1.00. The van der Waals surface area contributed by atoms with Crippen LogP contribution in [0, 0.1) is 0 Å². The standard InChI is InChI=1S/C12H27N3O4S2/c1-3-6-13-7-4-8-14(2)21(18,19)15-9-5-11-20(16,17)12-10-15/h13H,3-12H2,1-2H3. The summed E-state index contributed by atoms with van der Waals surface area (Å²) in [6, 6.07) is 0. The lowest BCUT2D eigenvalue weighted by Crippen LogP contribution is -2.43.